The molecule has 2 N–H and O–H groups in total. The highest BCUT2D eigenvalue weighted by atomic mass is 32.2. The van der Waals surface area contributed by atoms with Crippen molar-refractivity contribution in [1.82, 2.24) is 9.79 Å². The first-order valence-corrected chi connectivity index (χ1v) is 9.51. The van der Waals surface area contributed by atoms with Crippen molar-refractivity contribution in [3.8, 4) is 22.6 Å². The third kappa shape index (κ3) is 3.51. The van der Waals surface area contributed by atoms with Crippen molar-refractivity contribution in [2.75, 3.05) is 12.5 Å². The quantitative estimate of drug-likeness (QED) is 0.488. The molecule has 0 unspecified atom stereocenters. The maximum Gasteiger partial charge on any atom is 0.261 e. The van der Waals surface area contributed by atoms with Crippen LogP contribution in [0, 0.1) is 0 Å². The lowest BCUT2D eigenvalue weighted by atomic mass is 10.0. The van der Waals surface area contributed by atoms with E-state index in [1.807, 2.05) is 22.5 Å². The summed E-state index contributed by atoms with van der Waals surface area (Å²) in [5.41, 5.74) is 5.08. The van der Waals surface area contributed by atoms with Crippen molar-refractivity contribution >= 4 is 17.9 Å². The number of amides is 1. The molecular formula is C19H20N2O4S. The molecule has 26 heavy (non-hydrogen) atoms. The number of rotatable bonds is 4. The van der Waals surface area contributed by atoms with Crippen LogP contribution in [-0.4, -0.2) is 34.0 Å². The SMILES string of the molecule is O=C(NO)[C@H]1CCCSN1Cc1ccc(-c2ccc3c(c2)OCO3)cc1. The second kappa shape index (κ2) is 7.57. The van der Waals surface area contributed by atoms with Crippen molar-refractivity contribution in [3.05, 3.63) is 48.0 Å². The van der Waals surface area contributed by atoms with Crippen molar-refractivity contribution in [2.45, 2.75) is 25.4 Å². The Hall–Kier alpha value is -2.22. The van der Waals surface area contributed by atoms with Gasteiger partial charge < -0.3 is 9.47 Å². The second-order valence-corrected chi connectivity index (χ2v) is 7.44. The Morgan fingerprint density at radius 1 is 1.15 bits per heavy atom. The number of ether oxygens (including phenoxy) is 2. The number of nitrogens with zero attached hydrogens (tertiary/aromatic N) is 1. The number of carbonyl (C=O) groups excluding carboxylic acids is 1. The van der Waals surface area contributed by atoms with Gasteiger partial charge >= 0.3 is 0 Å². The van der Waals surface area contributed by atoms with Gasteiger partial charge in [-0.25, -0.2) is 9.79 Å². The first-order chi connectivity index (χ1) is 12.7. The molecule has 0 radical (unpaired) electrons. The predicted molar refractivity (Wildman–Crippen MR) is 99.0 cm³/mol. The van der Waals surface area contributed by atoms with Crippen molar-refractivity contribution in [3.63, 3.8) is 0 Å². The summed E-state index contributed by atoms with van der Waals surface area (Å²) >= 11 is 1.65. The van der Waals surface area contributed by atoms with Gasteiger partial charge in [0.15, 0.2) is 11.5 Å². The zero-order valence-corrected chi connectivity index (χ0v) is 15.0. The zero-order chi connectivity index (χ0) is 17.9. The van der Waals surface area contributed by atoms with Gasteiger partial charge in [0, 0.05) is 12.3 Å². The summed E-state index contributed by atoms with van der Waals surface area (Å²) in [5.74, 6) is 2.20. The van der Waals surface area contributed by atoms with Crippen LogP contribution in [0.4, 0.5) is 0 Å². The number of carbonyl (C=O) groups is 1. The maximum atomic E-state index is 11.9. The highest BCUT2D eigenvalue weighted by Gasteiger charge is 2.29. The molecule has 136 valence electrons. The minimum absolute atomic E-state index is 0.272. The van der Waals surface area contributed by atoms with Crippen LogP contribution in [0.1, 0.15) is 18.4 Å². The van der Waals surface area contributed by atoms with E-state index in [0.29, 0.717) is 6.54 Å². The lowest BCUT2D eigenvalue weighted by Crippen LogP contribution is -2.44. The average molecular weight is 372 g/mol. The maximum absolute atomic E-state index is 11.9. The first kappa shape index (κ1) is 17.2. The number of benzene rings is 2. The van der Waals surface area contributed by atoms with Gasteiger partial charge in [-0.1, -0.05) is 42.3 Å². The molecular weight excluding hydrogens is 352 g/mol. The molecule has 2 aromatic rings. The standard InChI is InChI=1S/C19H20N2O4S/c22-19(20-23)16-2-1-9-26-21(16)11-13-3-5-14(6-4-13)15-7-8-17-18(10-15)25-12-24-17/h3-8,10,16,23H,1-2,9,11-12H2,(H,20,22)/t16-/m1/s1. The zero-order valence-electron chi connectivity index (χ0n) is 14.2. The molecule has 6 nitrogen and oxygen atoms in total. The Morgan fingerprint density at radius 2 is 1.92 bits per heavy atom. The Morgan fingerprint density at radius 3 is 2.73 bits per heavy atom. The summed E-state index contributed by atoms with van der Waals surface area (Å²) < 4.78 is 12.8. The number of hydrogen-bond acceptors (Lipinski definition) is 6. The van der Waals surface area contributed by atoms with Crippen LogP contribution in [0.2, 0.25) is 0 Å². The van der Waals surface area contributed by atoms with E-state index in [0.717, 1.165) is 46.8 Å². The predicted octanol–water partition coefficient (Wildman–Crippen LogP) is 3.20. The molecule has 1 saturated heterocycles. The summed E-state index contributed by atoms with van der Waals surface area (Å²) in [7, 11) is 0. The third-order valence-corrected chi connectivity index (χ3v) is 5.82. The lowest BCUT2D eigenvalue weighted by Gasteiger charge is -2.32. The molecule has 0 saturated carbocycles. The van der Waals surface area contributed by atoms with Gasteiger partial charge in [0.2, 0.25) is 6.79 Å². The van der Waals surface area contributed by atoms with Gasteiger partial charge in [0.1, 0.15) is 6.04 Å². The Kier molecular flexibility index (Phi) is 5.01. The molecule has 1 atom stereocenters. The highest BCUT2D eigenvalue weighted by molar-refractivity contribution is 7.97. The van der Waals surface area contributed by atoms with Gasteiger partial charge in [-0.05, 0) is 41.7 Å². The van der Waals surface area contributed by atoms with E-state index in [-0.39, 0.29) is 18.7 Å². The van der Waals surface area contributed by atoms with Gasteiger partial charge in [-0.15, -0.1) is 0 Å². The van der Waals surface area contributed by atoms with Crippen LogP contribution in [0.3, 0.4) is 0 Å². The van der Waals surface area contributed by atoms with Crippen LogP contribution in [-0.2, 0) is 11.3 Å². The smallest absolute Gasteiger partial charge is 0.261 e. The Balaban J connectivity index is 1.48. The fourth-order valence-electron chi connectivity index (χ4n) is 3.24. The second-order valence-electron chi connectivity index (χ2n) is 6.31. The molecule has 2 aliphatic rings. The highest BCUT2D eigenvalue weighted by Crippen LogP contribution is 2.36. The molecule has 7 heteroatoms. The Labute approximate surface area is 156 Å². The van der Waals surface area contributed by atoms with Gasteiger partial charge in [-0.2, -0.15) is 0 Å². The summed E-state index contributed by atoms with van der Waals surface area (Å²) in [4.78, 5) is 11.9. The number of nitrogens with one attached hydrogen (secondary N) is 1. The molecule has 2 aromatic carbocycles. The number of hydrogen-bond donors (Lipinski definition) is 2. The minimum atomic E-state index is -0.339. The molecule has 0 aromatic heterocycles. The molecule has 0 aliphatic carbocycles. The molecule has 1 fully saturated rings. The van der Waals surface area contributed by atoms with E-state index in [2.05, 4.69) is 24.3 Å². The van der Waals surface area contributed by atoms with E-state index in [1.165, 1.54) is 0 Å². The van der Waals surface area contributed by atoms with Crippen molar-refractivity contribution < 1.29 is 19.5 Å². The average Bonchev–Trinajstić information content (AvgIpc) is 3.16. The van der Waals surface area contributed by atoms with E-state index in [4.69, 9.17) is 14.7 Å². The monoisotopic (exact) mass is 372 g/mol. The summed E-state index contributed by atoms with van der Waals surface area (Å²) in [6.45, 7) is 0.929. The van der Waals surface area contributed by atoms with Gasteiger partial charge in [0.05, 0.1) is 0 Å². The van der Waals surface area contributed by atoms with Crippen LogP contribution in [0.25, 0.3) is 11.1 Å². The summed E-state index contributed by atoms with van der Waals surface area (Å²) in [5, 5.41) is 8.95. The molecule has 1 amide bonds. The van der Waals surface area contributed by atoms with E-state index < -0.39 is 0 Å². The molecule has 4 rings (SSSR count). The van der Waals surface area contributed by atoms with E-state index >= 15 is 0 Å². The van der Waals surface area contributed by atoms with Crippen molar-refractivity contribution in [2.24, 2.45) is 0 Å². The molecule has 0 bridgehead atoms. The van der Waals surface area contributed by atoms with E-state index in [9.17, 15) is 4.79 Å². The summed E-state index contributed by atoms with van der Waals surface area (Å²) in [6.07, 6.45) is 1.73. The molecule has 2 aliphatic heterocycles. The van der Waals surface area contributed by atoms with Crippen LogP contribution in [0.15, 0.2) is 42.5 Å². The molecule has 2 heterocycles. The number of hydroxylamine groups is 1. The van der Waals surface area contributed by atoms with Crippen LogP contribution < -0.4 is 15.0 Å². The fourth-order valence-corrected chi connectivity index (χ4v) is 4.40. The normalized spacial score (nSPS) is 19.3. The largest absolute Gasteiger partial charge is 0.454 e. The minimum Gasteiger partial charge on any atom is -0.454 e. The van der Waals surface area contributed by atoms with E-state index in [1.54, 1.807) is 17.4 Å². The fraction of sp³-hybridized carbons (Fsp3) is 0.316. The Bertz CT molecular complexity index is 797. The summed E-state index contributed by atoms with van der Waals surface area (Å²) in [6, 6.07) is 13.9. The lowest BCUT2D eigenvalue weighted by molar-refractivity contribution is -0.133. The first-order valence-electron chi connectivity index (χ1n) is 8.57. The topological polar surface area (TPSA) is 71.0 Å². The van der Waals surface area contributed by atoms with Gasteiger partial charge in [-0.3, -0.25) is 10.0 Å². The number of fused-ring (bicyclic) bond motifs is 1. The van der Waals surface area contributed by atoms with Gasteiger partial charge in [0.25, 0.3) is 5.91 Å². The van der Waals surface area contributed by atoms with Crippen LogP contribution in [0.5, 0.6) is 11.5 Å². The molecule has 0 spiro atoms. The van der Waals surface area contributed by atoms with Crippen molar-refractivity contribution in [1.29, 1.82) is 0 Å². The van der Waals surface area contributed by atoms with Crippen LogP contribution >= 0.6 is 11.9 Å². The third-order valence-electron chi connectivity index (χ3n) is 4.64.